The van der Waals surface area contributed by atoms with Crippen LogP contribution in [0.2, 0.25) is 0 Å². The van der Waals surface area contributed by atoms with Crippen LogP contribution in [0, 0.1) is 5.92 Å². The second kappa shape index (κ2) is 15.5. The molecule has 0 amide bonds. The molecule has 260 valence electrons. The van der Waals surface area contributed by atoms with E-state index in [9.17, 15) is 29.4 Å². The maximum atomic E-state index is 12.5. The molecular weight excluding hydrogens is 696 g/mol. The van der Waals surface area contributed by atoms with Gasteiger partial charge in [0.2, 0.25) is 0 Å². The molecule has 0 aromatic heterocycles. The van der Waals surface area contributed by atoms with Gasteiger partial charge in [0.1, 0.15) is 29.5 Å². The average Bonchev–Trinajstić information content (AvgIpc) is 3.03. The van der Waals surface area contributed by atoms with Crippen molar-refractivity contribution in [3.8, 4) is 17.2 Å². The number of carbonyl (C=O) groups is 4. The van der Waals surface area contributed by atoms with Crippen LogP contribution in [-0.2, 0) is 14.3 Å². The number of phenolic OH excluding ortho intramolecular Hbond substituents is 3. The van der Waals surface area contributed by atoms with E-state index in [-0.39, 0.29) is 47.1 Å². The molecule has 3 aromatic carbocycles. The number of hydrogen-bond donors (Lipinski definition) is 4. The molecule has 4 aliphatic rings. The van der Waals surface area contributed by atoms with Crippen molar-refractivity contribution in [2.75, 3.05) is 11.9 Å². The fourth-order valence-electron chi connectivity index (χ4n) is 7.14. The molecule has 0 saturated heterocycles. The summed E-state index contributed by atoms with van der Waals surface area (Å²) in [5.41, 5.74) is -0.333. The lowest BCUT2D eigenvalue weighted by Crippen LogP contribution is -2.67. The van der Waals surface area contributed by atoms with Gasteiger partial charge in [0.05, 0.1) is 16.5 Å². The zero-order valence-corrected chi connectivity index (χ0v) is 29.1. The second-order valence-corrected chi connectivity index (χ2v) is 13.8. The van der Waals surface area contributed by atoms with Crippen molar-refractivity contribution in [1.29, 1.82) is 0 Å². The largest absolute Gasteiger partial charge is 0.508 e. The number of alkyl halides is 1. The molecule has 4 unspecified atom stereocenters. The van der Waals surface area contributed by atoms with E-state index >= 15 is 0 Å². The molecule has 4 atom stereocenters. The molecule has 4 bridgehead atoms. The van der Waals surface area contributed by atoms with E-state index in [1.807, 2.05) is 0 Å². The van der Waals surface area contributed by atoms with Crippen LogP contribution < -0.4 is 0 Å². The smallest absolute Gasteiger partial charge is 0.333 e. The van der Waals surface area contributed by atoms with Crippen molar-refractivity contribution in [2.45, 2.75) is 69.2 Å². The lowest BCUT2D eigenvalue weighted by atomic mass is 9.50. The second-order valence-electron chi connectivity index (χ2n) is 13.2. The van der Waals surface area contributed by atoms with Gasteiger partial charge in [-0.25, -0.2) is 4.79 Å². The number of rotatable bonds is 9. The normalized spacial score (nSPS) is 24.4. The third-order valence-corrected chi connectivity index (χ3v) is 9.39. The maximum Gasteiger partial charge on any atom is 0.333 e. The quantitative estimate of drug-likeness (QED) is 0.0826. The minimum Gasteiger partial charge on any atom is -0.508 e. The molecule has 4 N–H and O–H groups in total. The standard InChI is InChI=1S/C22H26O6.C8H7BrO2.C8H8O2/c1-14(2)19(25)28-22-9-15-7-20(26,12-22)11-21(8-15,13-22)27-10-18(24)16-3-5-17(23)6-4-16;9-5-8(11)6-1-3-7(10)4-2-6;1-6(9)7-2-4-8(10)5-3-7/h3-6,15,23,26H,1,7-13H2,2H3;1-4,10H,5H2;2-5,10H,1H3. The van der Waals surface area contributed by atoms with E-state index in [2.05, 4.69) is 22.5 Å². The van der Waals surface area contributed by atoms with Gasteiger partial charge < -0.3 is 29.9 Å². The van der Waals surface area contributed by atoms with E-state index in [0.29, 0.717) is 59.7 Å². The Balaban J connectivity index is 0.000000210. The molecule has 7 rings (SSSR count). The molecule has 0 aliphatic heterocycles. The lowest BCUT2D eigenvalue weighted by Gasteiger charge is -2.63. The van der Waals surface area contributed by atoms with Gasteiger partial charge in [0.15, 0.2) is 17.3 Å². The first-order valence-corrected chi connectivity index (χ1v) is 16.9. The van der Waals surface area contributed by atoms with E-state index in [1.54, 1.807) is 43.3 Å². The summed E-state index contributed by atoms with van der Waals surface area (Å²) in [5, 5.41) is 38.5. The Labute approximate surface area is 293 Å². The highest BCUT2D eigenvalue weighted by Crippen LogP contribution is 2.61. The highest BCUT2D eigenvalue weighted by molar-refractivity contribution is 9.09. The number of Topliss-reactive ketones (excluding diaryl/α,β-unsaturated/α-hetero) is 3. The molecule has 4 fully saturated rings. The molecule has 49 heavy (non-hydrogen) atoms. The summed E-state index contributed by atoms with van der Waals surface area (Å²) in [5.74, 6) is 0.0627. The van der Waals surface area contributed by atoms with Crippen LogP contribution in [0.25, 0.3) is 0 Å². The Morgan fingerprint density at radius 3 is 1.61 bits per heavy atom. The number of aliphatic hydroxyl groups is 1. The lowest BCUT2D eigenvalue weighted by molar-refractivity contribution is -0.269. The maximum absolute atomic E-state index is 12.5. The highest BCUT2D eigenvalue weighted by atomic mass is 79.9. The summed E-state index contributed by atoms with van der Waals surface area (Å²) < 4.78 is 12.0. The van der Waals surface area contributed by atoms with Crippen molar-refractivity contribution >= 4 is 39.2 Å². The van der Waals surface area contributed by atoms with Gasteiger partial charge in [-0.05, 0) is 112 Å². The number of ether oxygens (including phenoxy) is 2. The number of aromatic hydroxyl groups is 3. The van der Waals surface area contributed by atoms with Crippen LogP contribution in [0.1, 0.15) is 83.4 Å². The van der Waals surface area contributed by atoms with Gasteiger partial charge in [-0.2, -0.15) is 0 Å². The van der Waals surface area contributed by atoms with Crippen LogP contribution in [0.15, 0.2) is 84.9 Å². The van der Waals surface area contributed by atoms with E-state index in [4.69, 9.17) is 19.7 Å². The van der Waals surface area contributed by atoms with Crippen LogP contribution in [-0.4, -0.2) is 72.5 Å². The number of halogens is 1. The molecule has 0 radical (unpaired) electrons. The molecular formula is C38H41BrO10. The highest BCUT2D eigenvalue weighted by Gasteiger charge is 2.65. The zero-order chi connectivity index (χ0) is 36.0. The fourth-order valence-corrected chi connectivity index (χ4v) is 7.47. The molecule has 0 heterocycles. The average molecular weight is 738 g/mol. The van der Waals surface area contributed by atoms with Crippen molar-refractivity contribution in [2.24, 2.45) is 5.92 Å². The number of phenols is 3. The first-order valence-electron chi connectivity index (χ1n) is 15.8. The Bertz CT molecular complexity index is 1680. The molecule has 4 saturated carbocycles. The summed E-state index contributed by atoms with van der Waals surface area (Å²) in [7, 11) is 0. The third kappa shape index (κ3) is 9.87. The number of ketones is 3. The van der Waals surface area contributed by atoms with Gasteiger partial charge in [-0.1, -0.05) is 22.5 Å². The number of benzene rings is 3. The summed E-state index contributed by atoms with van der Waals surface area (Å²) in [4.78, 5) is 46.4. The Morgan fingerprint density at radius 1 is 0.714 bits per heavy atom. The predicted octanol–water partition coefficient (Wildman–Crippen LogP) is 6.48. The molecule has 10 nitrogen and oxygen atoms in total. The van der Waals surface area contributed by atoms with Gasteiger partial charge in [-0.15, -0.1) is 0 Å². The summed E-state index contributed by atoms with van der Waals surface area (Å²) in [6, 6.07) is 18.4. The van der Waals surface area contributed by atoms with Gasteiger partial charge in [0.25, 0.3) is 0 Å². The number of carbonyl (C=O) groups excluding carboxylic acids is 4. The van der Waals surface area contributed by atoms with Crippen LogP contribution >= 0.6 is 15.9 Å². The summed E-state index contributed by atoms with van der Waals surface area (Å²) in [6.07, 6.45) is 3.49. The Hall–Kier alpha value is -4.32. The minimum atomic E-state index is -0.934. The first kappa shape index (κ1) is 37.5. The van der Waals surface area contributed by atoms with Crippen LogP contribution in [0.4, 0.5) is 0 Å². The number of hydrogen-bond acceptors (Lipinski definition) is 10. The van der Waals surface area contributed by atoms with Crippen molar-refractivity contribution in [1.82, 2.24) is 0 Å². The predicted molar refractivity (Wildman–Crippen MR) is 185 cm³/mol. The van der Waals surface area contributed by atoms with Gasteiger partial charge in [-0.3, -0.25) is 14.4 Å². The van der Waals surface area contributed by atoms with Crippen molar-refractivity contribution in [3.63, 3.8) is 0 Å². The van der Waals surface area contributed by atoms with E-state index < -0.39 is 22.8 Å². The number of esters is 1. The third-order valence-electron chi connectivity index (χ3n) is 8.88. The Morgan fingerprint density at radius 2 is 1.16 bits per heavy atom. The van der Waals surface area contributed by atoms with Crippen LogP contribution in [0.5, 0.6) is 17.2 Å². The fraction of sp³-hybridized carbons (Fsp3) is 0.368. The summed E-state index contributed by atoms with van der Waals surface area (Å²) >= 11 is 3.06. The van der Waals surface area contributed by atoms with E-state index in [1.165, 1.54) is 43.3 Å². The van der Waals surface area contributed by atoms with Crippen molar-refractivity contribution < 1.29 is 49.1 Å². The Kier molecular flexibility index (Phi) is 11.9. The summed E-state index contributed by atoms with van der Waals surface area (Å²) in [6.45, 7) is 6.65. The van der Waals surface area contributed by atoms with Crippen LogP contribution in [0.3, 0.4) is 0 Å². The van der Waals surface area contributed by atoms with Crippen molar-refractivity contribution in [3.05, 3.63) is 102 Å². The molecule has 3 aromatic rings. The monoisotopic (exact) mass is 736 g/mol. The van der Waals surface area contributed by atoms with E-state index in [0.717, 1.165) is 6.42 Å². The molecule has 4 aliphatic carbocycles. The molecule has 11 heteroatoms. The van der Waals surface area contributed by atoms with Gasteiger partial charge in [0, 0.05) is 41.5 Å². The topological polar surface area (TPSA) is 168 Å². The minimum absolute atomic E-state index is 0.0139. The SMILES string of the molecule is C=C(C)C(=O)OC12CC3CC(O)(CC(OCC(=O)c4ccc(O)cc4)(C3)C1)C2.CC(=O)c1ccc(O)cc1.O=C(CBr)c1ccc(O)cc1. The first-order chi connectivity index (χ1) is 23.1. The zero-order valence-electron chi connectivity index (χ0n) is 27.5. The van der Waals surface area contributed by atoms with Gasteiger partial charge >= 0.3 is 5.97 Å². The molecule has 0 spiro atoms.